The number of allylic oxidation sites excluding steroid dienone is 2. The summed E-state index contributed by atoms with van der Waals surface area (Å²) >= 11 is 0. The van der Waals surface area contributed by atoms with Crippen LogP contribution in [0.15, 0.2) is 12.2 Å². The van der Waals surface area contributed by atoms with E-state index in [1.807, 2.05) is 0 Å². The monoisotopic (exact) mass is 222 g/mol. The standard InChI is InChI=1S/C14H26N2/c1-4-10-16(11-5-1)12-6-9-15-13-14-7-2-3-8-14/h2-3,14-15H,1,4-13H2. The second-order valence-electron chi connectivity index (χ2n) is 5.27. The third-order valence-corrected chi connectivity index (χ3v) is 3.82. The molecule has 1 N–H and O–H groups in total. The maximum atomic E-state index is 3.60. The highest BCUT2D eigenvalue weighted by Crippen LogP contribution is 2.16. The third kappa shape index (κ3) is 4.26. The summed E-state index contributed by atoms with van der Waals surface area (Å²) in [6.07, 6.45) is 12.8. The first-order valence-corrected chi connectivity index (χ1v) is 7.03. The van der Waals surface area contributed by atoms with E-state index >= 15 is 0 Å². The van der Waals surface area contributed by atoms with Crippen LogP contribution in [0.3, 0.4) is 0 Å². The molecule has 1 saturated heterocycles. The number of nitrogens with zero attached hydrogens (tertiary/aromatic N) is 1. The number of nitrogens with one attached hydrogen (secondary N) is 1. The van der Waals surface area contributed by atoms with E-state index in [4.69, 9.17) is 0 Å². The molecule has 1 heterocycles. The van der Waals surface area contributed by atoms with E-state index in [9.17, 15) is 0 Å². The van der Waals surface area contributed by atoms with Gasteiger partial charge in [-0.3, -0.25) is 0 Å². The first-order chi connectivity index (χ1) is 7.95. The van der Waals surface area contributed by atoms with Crippen molar-refractivity contribution >= 4 is 0 Å². The zero-order valence-electron chi connectivity index (χ0n) is 10.5. The van der Waals surface area contributed by atoms with E-state index in [0.717, 1.165) is 5.92 Å². The van der Waals surface area contributed by atoms with Crippen molar-refractivity contribution in [2.75, 3.05) is 32.7 Å². The molecule has 2 rings (SSSR count). The van der Waals surface area contributed by atoms with Crippen LogP contribution in [0.1, 0.15) is 38.5 Å². The zero-order chi connectivity index (χ0) is 11.1. The second-order valence-corrected chi connectivity index (χ2v) is 5.27. The van der Waals surface area contributed by atoms with Crippen LogP contribution in [0.25, 0.3) is 0 Å². The minimum atomic E-state index is 0.884. The van der Waals surface area contributed by atoms with Crippen LogP contribution in [-0.2, 0) is 0 Å². The summed E-state index contributed by atoms with van der Waals surface area (Å²) in [5.41, 5.74) is 0. The molecule has 2 heteroatoms. The first-order valence-electron chi connectivity index (χ1n) is 7.03. The van der Waals surface area contributed by atoms with Crippen molar-refractivity contribution < 1.29 is 0 Å². The van der Waals surface area contributed by atoms with Gasteiger partial charge in [0.1, 0.15) is 0 Å². The molecule has 2 aliphatic rings. The van der Waals surface area contributed by atoms with Crippen LogP contribution in [0.2, 0.25) is 0 Å². The lowest BCUT2D eigenvalue weighted by Crippen LogP contribution is -2.32. The van der Waals surface area contributed by atoms with Gasteiger partial charge in [0.25, 0.3) is 0 Å². The number of rotatable bonds is 6. The summed E-state index contributed by atoms with van der Waals surface area (Å²) in [6, 6.07) is 0. The molecular formula is C14H26N2. The van der Waals surface area contributed by atoms with Gasteiger partial charge in [0.05, 0.1) is 0 Å². The van der Waals surface area contributed by atoms with E-state index in [-0.39, 0.29) is 0 Å². The molecule has 16 heavy (non-hydrogen) atoms. The zero-order valence-corrected chi connectivity index (χ0v) is 10.5. The number of hydrogen-bond donors (Lipinski definition) is 1. The van der Waals surface area contributed by atoms with E-state index < -0.39 is 0 Å². The van der Waals surface area contributed by atoms with Crippen LogP contribution in [-0.4, -0.2) is 37.6 Å². The van der Waals surface area contributed by atoms with Crippen LogP contribution in [0.5, 0.6) is 0 Å². The van der Waals surface area contributed by atoms with Gasteiger partial charge in [0, 0.05) is 0 Å². The Bertz CT molecular complexity index is 199. The fourth-order valence-electron chi connectivity index (χ4n) is 2.76. The molecule has 0 saturated carbocycles. The Labute approximate surface area is 100 Å². The largest absolute Gasteiger partial charge is 0.316 e. The van der Waals surface area contributed by atoms with Gasteiger partial charge >= 0.3 is 0 Å². The lowest BCUT2D eigenvalue weighted by atomic mass is 10.1. The molecule has 0 spiro atoms. The van der Waals surface area contributed by atoms with Gasteiger partial charge in [0.15, 0.2) is 0 Å². The fraction of sp³-hybridized carbons (Fsp3) is 0.857. The predicted octanol–water partition coefficient (Wildman–Crippen LogP) is 2.42. The normalized spacial score (nSPS) is 23.0. The van der Waals surface area contributed by atoms with Crippen molar-refractivity contribution in [1.82, 2.24) is 10.2 Å². The second kappa shape index (κ2) is 7.08. The van der Waals surface area contributed by atoms with Crippen molar-refractivity contribution in [2.24, 2.45) is 5.92 Å². The number of hydrogen-bond acceptors (Lipinski definition) is 2. The molecule has 1 fully saturated rings. The van der Waals surface area contributed by atoms with Gasteiger partial charge in [-0.15, -0.1) is 0 Å². The van der Waals surface area contributed by atoms with Crippen LogP contribution in [0, 0.1) is 5.92 Å². The first kappa shape index (κ1) is 12.1. The van der Waals surface area contributed by atoms with Gasteiger partial charge in [-0.05, 0) is 70.7 Å². The van der Waals surface area contributed by atoms with Crippen molar-refractivity contribution in [3.8, 4) is 0 Å². The molecule has 0 bridgehead atoms. The van der Waals surface area contributed by atoms with Crippen LogP contribution < -0.4 is 5.32 Å². The Morgan fingerprint density at radius 1 is 1.06 bits per heavy atom. The molecule has 1 aliphatic carbocycles. The van der Waals surface area contributed by atoms with Gasteiger partial charge in [-0.25, -0.2) is 0 Å². The average molecular weight is 222 g/mol. The molecule has 0 atom stereocenters. The third-order valence-electron chi connectivity index (χ3n) is 3.82. The topological polar surface area (TPSA) is 15.3 Å². The maximum absolute atomic E-state index is 3.60. The average Bonchev–Trinajstić information content (AvgIpc) is 2.83. The quantitative estimate of drug-likeness (QED) is 0.548. The summed E-state index contributed by atoms with van der Waals surface area (Å²) < 4.78 is 0. The Kier molecular flexibility index (Phi) is 5.36. The van der Waals surface area contributed by atoms with Crippen molar-refractivity contribution in [2.45, 2.75) is 38.5 Å². The highest BCUT2D eigenvalue weighted by molar-refractivity contribution is 4.94. The molecule has 2 nitrogen and oxygen atoms in total. The SMILES string of the molecule is C1=CCC(CNCCCN2CCCCC2)C1. The lowest BCUT2D eigenvalue weighted by molar-refractivity contribution is 0.225. The maximum Gasteiger partial charge on any atom is -0.000664 e. The summed E-state index contributed by atoms with van der Waals surface area (Å²) in [7, 11) is 0. The Hall–Kier alpha value is -0.340. The van der Waals surface area contributed by atoms with Crippen molar-refractivity contribution in [1.29, 1.82) is 0 Å². The Balaban J connectivity index is 1.42. The summed E-state index contributed by atoms with van der Waals surface area (Å²) in [5.74, 6) is 0.884. The number of likely N-dealkylation sites (tertiary alicyclic amines) is 1. The molecule has 0 radical (unpaired) electrons. The molecule has 0 aromatic carbocycles. The van der Waals surface area contributed by atoms with Gasteiger partial charge in [0.2, 0.25) is 0 Å². The molecule has 0 amide bonds. The van der Waals surface area contributed by atoms with Crippen LogP contribution >= 0.6 is 0 Å². The lowest BCUT2D eigenvalue weighted by Gasteiger charge is -2.26. The van der Waals surface area contributed by atoms with Crippen molar-refractivity contribution in [3.63, 3.8) is 0 Å². The van der Waals surface area contributed by atoms with Crippen molar-refractivity contribution in [3.05, 3.63) is 12.2 Å². The van der Waals surface area contributed by atoms with Crippen LogP contribution in [0.4, 0.5) is 0 Å². The van der Waals surface area contributed by atoms with E-state index in [0.29, 0.717) is 0 Å². The highest BCUT2D eigenvalue weighted by atomic mass is 15.1. The van der Waals surface area contributed by atoms with Gasteiger partial charge < -0.3 is 10.2 Å². The highest BCUT2D eigenvalue weighted by Gasteiger charge is 2.10. The fourth-order valence-corrected chi connectivity index (χ4v) is 2.76. The summed E-state index contributed by atoms with van der Waals surface area (Å²) in [5, 5.41) is 3.60. The summed E-state index contributed by atoms with van der Waals surface area (Å²) in [6.45, 7) is 6.40. The molecular weight excluding hydrogens is 196 g/mol. The smallest absolute Gasteiger partial charge is 0.000664 e. The number of piperidine rings is 1. The van der Waals surface area contributed by atoms with Gasteiger partial charge in [-0.2, -0.15) is 0 Å². The predicted molar refractivity (Wildman–Crippen MR) is 69.6 cm³/mol. The molecule has 0 aromatic rings. The molecule has 0 aromatic heterocycles. The minimum Gasteiger partial charge on any atom is -0.316 e. The molecule has 1 aliphatic heterocycles. The Morgan fingerprint density at radius 3 is 2.56 bits per heavy atom. The van der Waals surface area contributed by atoms with E-state index in [1.165, 1.54) is 71.2 Å². The summed E-state index contributed by atoms with van der Waals surface area (Å²) in [4.78, 5) is 2.63. The van der Waals surface area contributed by atoms with E-state index in [1.54, 1.807) is 0 Å². The minimum absolute atomic E-state index is 0.884. The Morgan fingerprint density at radius 2 is 1.81 bits per heavy atom. The molecule has 0 unspecified atom stereocenters. The van der Waals surface area contributed by atoms with E-state index in [2.05, 4.69) is 22.4 Å². The van der Waals surface area contributed by atoms with Gasteiger partial charge in [-0.1, -0.05) is 18.6 Å². The molecule has 92 valence electrons.